The van der Waals surface area contributed by atoms with Crippen molar-refractivity contribution in [2.24, 2.45) is 0 Å². The maximum Gasteiger partial charge on any atom is 0.373 e. The molecule has 7 heteroatoms. The summed E-state index contributed by atoms with van der Waals surface area (Å²) in [7, 11) is 1.25. The van der Waals surface area contributed by atoms with Gasteiger partial charge < -0.3 is 9.15 Å². The summed E-state index contributed by atoms with van der Waals surface area (Å²) < 4.78 is 24.4. The Bertz CT molecular complexity index is 913. The molecule has 0 N–H and O–H groups in total. The summed E-state index contributed by atoms with van der Waals surface area (Å²) in [6, 6.07) is 6.85. The van der Waals surface area contributed by atoms with E-state index in [-0.39, 0.29) is 23.3 Å². The lowest BCUT2D eigenvalue weighted by molar-refractivity contribution is 0.0563. The normalized spacial score (nSPS) is 10.8. The van der Waals surface area contributed by atoms with Crippen molar-refractivity contribution < 1.29 is 18.3 Å². The predicted molar refractivity (Wildman–Crippen MR) is 75.1 cm³/mol. The third-order valence-electron chi connectivity index (χ3n) is 3.16. The van der Waals surface area contributed by atoms with Gasteiger partial charge in [0.05, 0.1) is 30.9 Å². The van der Waals surface area contributed by atoms with Crippen LogP contribution < -0.4 is 5.56 Å². The summed E-state index contributed by atoms with van der Waals surface area (Å²) in [6.45, 7) is 0.0787. The topological polar surface area (TPSA) is 74.3 Å². The molecule has 6 nitrogen and oxygen atoms in total. The number of esters is 1. The highest BCUT2D eigenvalue weighted by molar-refractivity contribution is 5.86. The maximum absolute atomic E-state index is 13.3. The summed E-state index contributed by atoms with van der Waals surface area (Å²) in [5, 5.41) is 0.183. The summed E-state index contributed by atoms with van der Waals surface area (Å²) in [6.07, 6.45) is 1.35. The van der Waals surface area contributed by atoms with Crippen molar-refractivity contribution in [1.82, 2.24) is 9.55 Å². The maximum atomic E-state index is 13.3. The highest BCUT2D eigenvalue weighted by atomic mass is 19.1. The summed E-state index contributed by atoms with van der Waals surface area (Å²) in [5.74, 6) is -0.669. The Hall–Kier alpha value is -2.96. The van der Waals surface area contributed by atoms with Crippen molar-refractivity contribution in [3.63, 3.8) is 0 Å². The largest absolute Gasteiger partial charge is 0.463 e. The van der Waals surface area contributed by atoms with E-state index in [1.54, 1.807) is 6.07 Å². The minimum absolute atomic E-state index is 0.0466. The number of carbonyl (C=O) groups is 1. The molecule has 0 saturated heterocycles. The molecule has 3 rings (SSSR count). The van der Waals surface area contributed by atoms with Gasteiger partial charge in [-0.3, -0.25) is 9.36 Å². The number of halogens is 1. The third kappa shape index (κ3) is 2.48. The molecule has 0 radical (unpaired) electrons. The zero-order valence-electron chi connectivity index (χ0n) is 11.6. The van der Waals surface area contributed by atoms with E-state index in [1.807, 2.05) is 0 Å². The van der Waals surface area contributed by atoms with E-state index in [2.05, 4.69) is 9.72 Å². The summed E-state index contributed by atoms with van der Waals surface area (Å²) >= 11 is 0. The van der Waals surface area contributed by atoms with Gasteiger partial charge in [-0.25, -0.2) is 14.2 Å². The smallest absolute Gasteiger partial charge is 0.373 e. The van der Waals surface area contributed by atoms with E-state index >= 15 is 0 Å². The zero-order valence-corrected chi connectivity index (χ0v) is 11.6. The van der Waals surface area contributed by atoms with E-state index in [1.165, 1.54) is 36.2 Å². The van der Waals surface area contributed by atoms with Gasteiger partial charge in [0.2, 0.25) is 5.76 Å². The fourth-order valence-electron chi connectivity index (χ4n) is 2.08. The number of nitrogens with zero attached hydrogens (tertiary/aromatic N) is 2. The van der Waals surface area contributed by atoms with E-state index in [0.717, 1.165) is 6.07 Å². The van der Waals surface area contributed by atoms with Crippen molar-refractivity contribution in [3.8, 4) is 0 Å². The lowest BCUT2D eigenvalue weighted by Gasteiger charge is -2.04. The van der Waals surface area contributed by atoms with Gasteiger partial charge in [-0.15, -0.1) is 0 Å². The van der Waals surface area contributed by atoms with Crippen molar-refractivity contribution in [1.29, 1.82) is 0 Å². The Morgan fingerprint density at radius 1 is 1.36 bits per heavy atom. The van der Waals surface area contributed by atoms with Crippen LogP contribution in [-0.2, 0) is 11.3 Å². The molecule has 3 aromatic rings. The molecule has 0 aliphatic heterocycles. The van der Waals surface area contributed by atoms with Gasteiger partial charge in [0.15, 0.2) is 0 Å². The van der Waals surface area contributed by atoms with E-state index in [0.29, 0.717) is 11.3 Å². The number of hydrogen-bond acceptors (Lipinski definition) is 5. The van der Waals surface area contributed by atoms with Crippen molar-refractivity contribution in [2.45, 2.75) is 6.54 Å². The van der Waals surface area contributed by atoms with Gasteiger partial charge in [-0.05, 0) is 30.3 Å². The van der Waals surface area contributed by atoms with Crippen LogP contribution in [0.5, 0.6) is 0 Å². The van der Waals surface area contributed by atoms with Gasteiger partial charge in [0, 0.05) is 0 Å². The molecule has 0 amide bonds. The number of rotatable bonds is 3. The second-order valence-electron chi connectivity index (χ2n) is 4.60. The molecule has 1 aromatic carbocycles. The van der Waals surface area contributed by atoms with Crippen LogP contribution in [0.3, 0.4) is 0 Å². The number of fused-ring (bicyclic) bond motifs is 1. The number of benzene rings is 1. The van der Waals surface area contributed by atoms with Crippen LogP contribution in [0, 0.1) is 5.82 Å². The van der Waals surface area contributed by atoms with Gasteiger partial charge in [-0.1, -0.05) is 0 Å². The van der Waals surface area contributed by atoms with Crippen molar-refractivity contribution in [2.75, 3.05) is 7.11 Å². The standard InChI is InChI=1S/C15H11FN2O4/c1-21-15(20)13-5-3-10(22-13)7-18-8-17-12-4-2-9(16)6-11(12)14(18)19/h2-6,8H,7H2,1H3. The molecule has 0 unspecified atom stereocenters. The minimum atomic E-state index is -0.600. The monoisotopic (exact) mass is 302 g/mol. The predicted octanol–water partition coefficient (Wildman–Crippen LogP) is 1.96. The number of methoxy groups -OCH3 is 1. The highest BCUT2D eigenvalue weighted by Gasteiger charge is 2.12. The van der Waals surface area contributed by atoms with Gasteiger partial charge >= 0.3 is 5.97 Å². The second-order valence-corrected chi connectivity index (χ2v) is 4.60. The molecule has 2 aromatic heterocycles. The molecule has 0 aliphatic rings. The van der Waals surface area contributed by atoms with Crippen molar-refractivity contribution in [3.05, 3.63) is 64.4 Å². The lowest BCUT2D eigenvalue weighted by atomic mass is 10.2. The van der Waals surface area contributed by atoms with E-state index in [9.17, 15) is 14.0 Å². The van der Waals surface area contributed by atoms with Crippen LogP contribution >= 0.6 is 0 Å². The quantitative estimate of drug-likeness (QED) is 0.691. The summed E-state index contributed by atoms with van der Waals surface area (Å²) in [5.41, 5.74) is 0.0258. The first-order valence-corrected chi connectivity index (χ1v) is 6.40. The Labute approximate surface area is 123 Å². The van der Waals surface area contributed by atoms with Crippen LogP contribution in [0.15, 0.2) is 45.9 Å². The minimum Gasteiger partial charge on any atom is -0.463 e. The van der Waals surface area contributed by atoms with Crippen LogP contribution in [0.1, 0.15) is 16.3 Å². The number of carbonyl (C=O) groups excluding carboxylic acids is 1. The highest BCUT2D eigenvalue weighted by Crippen LogP contribution is 2.12. The number of ether oxygens (including phenoxy) is 1. The molecule has 0 atom stereocenters. The van der Waals surface area contributed by atoms with E-state index < -0.39 is 11.8 Å². The first kappa shape index (κ1) is 14.0. The first-order valence-electron chi connectivity index (χ1n) is 6.40. The fraction of sp³-hybridized carbons (Fsp3) is 0.133. The average molecular weight is 302 g/mol. The SMILES string of the molecule is COC(=O)c1ccc(Cn2cnc3ccc(F)cc3c2=O)o1. The molecule has 0 bridgehead atoms. The Morgan fingerprint density at radius 3 is 2.95 bits per heavy atom. The molecular weight excluding hydrogens is 291 g/mol. The molecule has 0 saturated carbocycles. The van der Waals surface area contributed by atoms with Gasteiger partial charge in [-0.2, -0.15) is 0 Å². The number of hydrogen-bond donors (Lipinski definition) is 0. The Kier molecular flexibility index (Phi) is 3.46. The molecule has 2 heterocycles. The molecule has 0 aliphatic carbocycles. The molecule has 0 spiro atoms. The molecule has 22 heavy (non-hydrogen) atoms. The Morgan fingerprint density at radius 2 is 2.18 bits per heavy atom. The summed E-state index contributed by atoms with van der Waals surface area (Å²) in [4.78, 5) is 27.7. The first-order chi connectivity index (χ1) is 10.6. The lowest BCUT2D eigenvalue weighted by Crippen LogP contribution is -2.21. The van der Waals surface area contributed by atoms with Gasteiger partial charge in [0.1, 0.15) is 11.6 Å². The molecule has 112 valence electrons. The van der Waals surface area contributed by atoms with Crippen LogP contribution in [0.4, 0.5) is 4.39 Å². The molecular formula is C15H11FN2O4. The zero-order chi connectivity index (χ0) is 15.7. The third-order valence-corrected chi connectivity index (χ3v) is 3.16. The molecule has 0 fully saturated rings. The fourth-order valence-corrected chi connectivity index (χ4v) is 2.08. The Balaban J connectivity index is 1.97. The van der Waals surface area contributed by atoms with Gasteiger partial charge in [0.25, 0.3) is 5.56 Å². The number of furan rings is 1. The van der Waals surface area contributed by atoms with E-state index in [4.69, 9.17) is 4.42 Å². The van der Waals surface area contributed by atoms with Crippen LogP contribution in [0.2, 0.25) is 0 Å². The average Bonchev–Trinajstić information content (AvgIpc) is 2.98. The second kappa shape index (κ2) is 5.44. The number of aromatic nitrogens is 2. The van der Waals surface area contributed by atoms with Crippen molar-refractivity contribution >= 4 is 16.9 Å². The van der Waals surface area contributed by atoms with Crippen LogP contribution in [0.25, 0.3) is 10.9 Å². The van der Waals surface area contributed by atoms with Crippen LogP contribution in [-0.4, -0.2) is 22.6 Å².